The van der Waals surface area contributed by atoms with Crippen LogP contribution in [0.3, 0.4) is 0 Å². The van der Waals surface area contributed by atoms with E-state index in [1.54, 1.807) is 0 Å². The van der Waals surface area contributed by atoms with Gasteiger partial charge in [-0.15, -0.1) is 0 Å². The molecule has 3 saturated heterocycles. The first-order valence-electron chi connectivity index (χ1n) is 21.3. The summed E-state index contributed by atoms with van der Waals surface area (Å²) in [6.45, 7) is 42.4. The maximum atomic E-state index is 7.13. The van der Waals surface area contributed by atoms with Crippen LogP contribution in [0, 0.1) is 0 Å². The summed E-state index contributed by atoms with van der Waals surface area (Å²) in [5, 5.41) is 0. The van der Waals surface area contributed by atoms with Crippen LogP contribution in [0.5, 0.6) is 0 Å². The molecule has 0 amide bonds. The Morgan fingerprint density at radius 2 is 0.579 bits per heavy atom. The molecule has 0 N–H and O–H groups in total. The van der Waals surface area contributed by atoms with E-state index in [9.17, 15) is 0 Å². The maximum Gasteiger partial charge on any atom is 0.316 e. The molecule has 3 fully saturated rings. The van der Waals surface area contributed by atoms with Crippen molar-refractivity contribution in [3.63, 3.8) is 0 Å². The monoisotopic (exact) mass is 1080 g/mol. The quantitative estimate of drug-likeness (QED) is 0.185. The lowest BCUT2D eigenvalue weighted by Gasteiger charge is -2.41. The second-order valence-electron chi connectivity index (χ2n) is 19.2. The van der Waals surface area contributed by atoms with E-state index in [2.05, 4.69) is 124 Å². The van der Waals surface area contributed by atoms with Crippen molar-refractivity contribution in [1.29, 1.82) is 0 Å². The zero-order valence-electron chi connectivity index (χ0n) is 39.1. The van der Waals surface area contributed by atoms with E-state index in [1.807, 2.05) is 0 Å². The van der Waals surface area contributed by atoms with Crippen LogP contribution in [0.4, 0.5) is 0 Å². The fourth-order valence-electron chi connectivity index (χ4n) is 8.20. The first-order valence-corrected chi connectivity index (χ1v) is 59.9. The van der Waals surface area contributed by atoms with Gasteiger partial charge in [0, 0.05) is 0 Å². The SMILES string of the molecule is C[SiH]1O[SiH](C)O[Si](C)(CC[Si](C)(C)O[Si](C)(C)CC[SiH]2O[SiH](C)O[Si](C)(CC[Si](C)(C)O[Si](C)(C)CC[Si]3(C)O[SiH](C)O[SiH](C)O[SiH](C)O3)O[SiH](C)O2)O[SiH](C)O1. The lowest BCUT2D eigenvalue weighted by atomic mass is 10.9. The molecule has 30 heteroatoms. The summed E-state index contributed by atoms with van der Waals surface area (Å²) < 4.78 is 92.3. The van der Waals surface area contributed by atoms with Crippen LogP contribution in [0.1, 0.15) is 0 Å². The summed E-state index contributed by atoms with van der Waals surface area (Å²) in [5.41, 5.74) is 0. The third-order valence-electron chi connectivity index (χ3n) is 10.3. The summed E-state index contributed by atoms with van der Waals surface area (Å²) in [5.74, 6) is 0. The number of hydrogen-bond acceptors (Lipinski definition) is 14. The first-order chi connectivity index (χ1) is 25.9. The highest BCUT2D eigenvalue weighted by Gasteiger charge is 2.46. The lowest BCUT2D eigenvalue weighted by molar-refractivity contribution is 0.271. The topological polar surface area (TPSA) is 129 Å². The molecule has 3 rings (SSSR count). The van der Waals surface area contributed by atoms with E-state index in [-0.39, 0.29) is 0 Å². The summed E-state index contributed by atoms with van der Waals surface area (Å²) in [6.07, 6.45) is 0. The Kier molecular flexibility index (Phi) is 21.3. The van der Waals surface area contributed by atoms with Crippen LogP contribution in [-0.4, -0.2) is 143 Å². The van der Waals surface area contributed by atoms with Crippen LogP contribution < -0.4 is 0 Å². The summed E-state index contributed by atoms with van der Waals surface area (Å²) >= 11 is 0. The van der Waals surface area contributed by atoms with Crippen molar-refractivity contribution >= 4 is 143 Å². The molecule has 0 aromatic rings. The third-order valence-corrected chi connectivity index (χ3v) is 69.0. The minimum absolute atomic E-state index is 0.903. The molecule has 0 aromatic carbocycles. The van der Waals surface area contributed by atoms with Gasteiger partial charge in [-0.3, -0.25) is 0 Å². The lowest BCUT2D eigenvalue weighted by Crippen LogP contribution is -2.55. The maximum absolute atomic E-state index is 7.13. The minimum Gasteiger partial charge on any atom is -0.456 e. The van der Waals surface area contributed by atoms with E-state index in [1.165, 1.54) is 0 Å². The van der Waals surface area contributed by atoms with Crippen LogP contribution in [-0.2, 0) is 57.6 Å². The molecular weight excluding hydrogens is 998 g/mol. The molecule has 14 nitrogen and oxygen atoms in total. The molecular formula is C27H82O14Si16. The van der Waals surface area contributed by atoms with Crippen LogP contribution in [0.2, 0.25) is 173 Å². The molecule has 3 aliphatic heterocycles. The van der Waals surface area contributed by atoms with Gasteiger partial charge in [-0.05, 0) is 173 Å². The zero-order chi connectivity index (χ0) is 43.3. The third kappa shape index (κ3) is 20.7. The molecule has 57 heavy (non-hydrogen) atoms. The smallest absolute Gasteiger partial charge is 0.316 e. The molecule has 0 saturated carbocycles. The fraction of sp³-hybridized carbons (Fsp3) is 1.00. The van der Waals surface area contributed by atoms with E-state index >= 15 is 0 Å². The largest absolute Gasteiger partial charge is 0.456 e. The average Bonchev–Trinajstić information content (AvgIpc) is 2.97. The number of hydrogen-bond donors (Lipinski definition) is 0. The molecule has 6 atom stereocenters. The van der Waals surface area contributed by atoms with Crippen molar-refractivity contribution in [2.75, 3.05) is 0 Å². The fourth-order valence-corrected chi connectivity index (χ4v) is 80.0. The van der Waals surface area contributed by atoms with Crippen molar-refractivity contribution in [3.8, 4) is 0 Å². The van der Waals surface area contributed by atoms with Gasteiger partial charge in [-0.2, -0.15) is 0 Å². The Morgan fingerprint density at radius 1 is 0.351 bits per heavy atom. The molecule has 0 aromatic heterocycles. The predicted molar refractivity (Wildman–Crippen MR) is 270 cm³/mol. The van der Waals surface area contributed by atoms with E-state index in [0.717, 1.165) is 48.4 Å². The molecule has 3 heterocycles. The van der Waals surface area contributed by atoms with Gasteiger partial charge in [0.2, 0.25) is 0 Å². The van der Waals surface area contributed by atoms with Crippen LogP contribution in [0.15, 0.2) is 0 Å². The Hall–Kier alpha value is 2.91. The van der Waals surface area contributed by atoms with Crippen LogP contribution >= 0.6 is 0 Å². The number of rotatable bonds is 16. The Morgan fingerprint density at radius 3 is 0.842 bits per heavy atom. The van der Waals surface area contributed by atoms with Crippen molar-refractivity contribution < 1.29 is 57.6 Å². The second kappa shape index (κ2) is 22.4. The Bertz CT molecular complexity index is 1210. The van der Waals surface area contributed by atoms with Gasteiger partial charge in [0.05, 0.1) is 0 Å². The molecule has 6 unspecified atom stereocenters. The second-order valence-corrected chi connectivity index (χ2v) is 67.9. The molecule has 3 aliphatic rings. The molecule has 0 spiro atoms. The highest BCUT2D eigenvalue weighted by atomic mass is 28.5. The van der Waals surface area contributed by atoms with Gasteiger partial charge < -0.3 is 57.6 Å². The van der Waals surface area contributed by atoms with E-state index < -0.39 is 143 Å². The van der Waals surface area contributed by atoms with Gasteiger partial charge in [0.1, 0.15) is 0 Å². The average molecular weight is 1080 g/mol. The normalized spacial score (nSPS) is 38.7. The van der Waals surface area contributed by atoms with Crippen molar-refractivity contribution in [1.82, 2.24) is 0 Å². The van der Waals surface area contributed by atoms with Gasteiger partial charge in [-0.25, -0.2) is 0 Å². The Balaban J connectivity index is 1.49. The summed E-state index contributed by atoms with van der Waals surface area (Å²) in [6, 6.07) is 7.70. The van der Waals surface area contributed by atoms with E-state index in [4.69, 9.17) is 57.6 Å². The summed E-state index contributed by atoms with van der Waals surface area (Å²) in [4.78, 5) is 0. The highest BCUT2D eigenvalue weighted by Crippen LogP contribution is 2.34. The Labute approximate surface area is 370 Å². The van der Waals surface area contributed by atoms with Gasteiger partial charge in [0.15, 0.2) is 33.3 Å². The predicted octanol–water partition coefficient (Wildman–Crippen LogP) is 5.32. The zero-order valence-corrected chi connectivity index (χ0v) is 56.5. The minimum atomic E-state index is -2.51. The van der Waals surface area contributed by atoms with Gasteiger partial charge in [0.25, 0.3) is 74.3 Å². The van der Waals surface area contributed by atoms with Gasteiger partial charge >= 0.3 is 35.0 Å². The highest BCUT2D eigenvalue weighted by molar-refractivity contribution is 6.89. The molecule has 0 bridgehead atoms. The van der Waals surface area contributed by atoms with Crippen molar-refractivity contribution in [2.45, 2.75) is 173 Å². The standard InChI is InChI=1S/C27H82O14Si16/c1-42-28-44(3)34-55(17,35-45(4)29-42)25-22-52(11,12)40-51(9,10)21-20-50-32-48(7)38-57(19,39-49(8)33-50)27-24-54(15,16)41-53(13,14)23-26-56(18)36-46(5)30-43(2)31-47(6)37-56/h42-50H,20-27H2,1-19H3. The van der Waals surface area contributed by atoms with Gasteiger partial charge in [-0.1, -0.05) is 0 Å². The van der Waals surface area contributed by atoms with E-state index in [0.29, 0.717) is 0 Å². The van der Waals surface area contributed by atoms with Crippen molar-refractivity contribution in [2.24, 2.45) is 0 Å². The molecule has 0 aliphatic carbocycles. The van der Waals surface area contributed by atoms with Crippen LogP contribution in [0.25, 0.3) is 0 Å². The first kappa shape index (κ1) is 54.2. The molecule has 0 radical (unpaired) electrons. The molecule has 338 valence electrons. The summed E-state index contributed by atoms with van der Waals surface area (Å²) in [7, 11) is -31.5. The van der Waals surface area contributed by atoms with Crippen molar-refractivity contribution in [3.05, 3.63) is 0 Å².